The fourth-order valence-corrected chi connectivity index (χ4v) is 4.14. The molecule has 7 heteroatoms. The maximum Gasteiger partial charge on any atom is 0.238 e. The summed E-state index contributed by atoms with van der Waals surface area (Å²) in [6.07, 6.45) is 0. The van der Waals surface area contributed by atoms with Crippen molar-refractivity contribution in [3.05, 3.63) is 65.2 Å². The minimum atomic E-state index is -0.0250. The van der Waals surface area contributed by atoms with Gasteiger partial charge in [0, 0.05) is 42.6 Å². The van der Waals surface area contributed by atoms with Crippen LogP contribution in [0.2, 0.25) is 5.02 Å². The number of thioether (sulfide) groups is 1. The monoisotopic (exact) mass is 417 g/mol. The lowest BCUT2D eigenvalue weighted by Crippen LogP contribution is -2.50. The molecule has 3 rings (SSSR count). The largest absolute Gasteiger partial charge is 0.339 e. The molecule has 0 unspecified atom stereocenters. The topological polar surface area (TPSA) is 52.7 Å². The Kier molecular flexibility index (Phi) is 7.77. The summed E-state index contributed by atoms with van der Waals surface area (Å²) in [7, 11) is 0. The molecular weight excluding hydrogens is 394 g/mol. The Morgan fingerprint density at radius 3 is 2.46 bits per heavy atom. The van der Waals surface area contributed by atoms with E-state index in [-0.39, 0.29) is 11.8 Å². The number of hydrogen-bond donors (Lipinski definition) is 1. The molecule has 28 heavy (non-hydrogen) atoms. The van der Waals surface area contributed by atoms with Crippen LogP contribution in [0.1, 0.15) is 5.56 Å². The van der Waals surface area contributed by atoms with Crippen molar-refractivity contribution in [1.29, 1.82) is 0 Å². The molecule has 0 aliphatic carbocycles. The van der Waals surface area contributed by atoms with Gasteiger partial charge in [-0.25, -0.2) is 0 Å². The summed E-state index contributed by atoms with van der Waals surface area (Å²) in [5.74, 6) is 1.36. The van der Waals surface area contributed by atoms with Crippen molar-refractivity contribution in [1.82, 2.24) is 9.80 Å². The fourth-order valence-electron chi connectivity index (χ4n) is 3.05. The Hall–Kier alpha value is -2.02. The zero-order chi connectivity index (χ0) is 19.8. The van der Waals surface area contributed by atoms with Gasteiger partial charge in [0.25, 0.3) is 0 Å². The number of nitrogens with zero attached hydrogens (tertiary/aromatic N) is 2. The van der Waals surface area contributed by atoms with Gasteiger partial charge in [-0.05, 0) is 29.8 Å². The number of rotatable bonds is 7. The van der Waals surface area contributed by atoms with Gasteiger partial charge in [0.2, 0.25) is 11.8 Å². The summed E-state index contributed by atoms with van der Waals surface area (Å²) < 4.78 is 0. The third kappa shape index (κ3) is 6.55. The van der Waals surface area contributed by atoms with Gasteiger partial charge in [-0.3, -0.25) is 14.5 Å². The Balaban J connectivity index is 1.35. The highest BCUT2D eigenvalue weighted by Crippen LogP contribution is 2.17. The molecule has 148 valence electrons. The Morgan fingerprint density at radius 2 is 1.75 bits per heavy atom. The highest BCUT2D eigenvalue weighted by Gasteiger charge is 2.22. The van der Waals surface area contributed by atoms with E-state index in [0.29, 0.717) is 38.5 Å². The minimum Gasteiger partial charge on any atom is -0.339 e. The Labute approximate surface area is 175 Å². The van der Waals surface area contributed by atoms with Gasteiger partial charge in [-0.1, -0.05) is 41.9 Å². The number of hydrogen-bond acceptors (Lipinski definition) is 4. The van der Waals surface area contributed by atoms with E-state index in [9.17, 15) is 9.59 Å². The van der Waals surface area contributed by atoms with Crippen molar-refractivity contribution >= 4 is 40.9 Å². The number of benzene rings is 2. The molecule has 5 nitrogen and oxygen atoms in total. The van der Waals surface area contributed by atoms with Crippen molar-refractivity contribution in [2.45, 2.75) is 5.75 Å². The molecule has 1 fully saturated rings. The molecule has 0 aromatic heterocycles. The van der Waals surface area contributed by atoms with E-state index in [0.717, 1.165) is 22.0 Å². The molecule has 1 aliphatic heterocycles. The molecule has 1 N–H and O–H groups in total. The van der Waals surface area contributed by atoms with Gasteiger partial charge in [0.1, 0.15) is 0 Å². The minimum absolute atomic E-state index is 0.0250. The summed E-state index contributed by atoms with van der Waals surface area (Å²) in [4.78, 5) is 28.5. The average molecular weight is 418 g/mol. The van der Waals surface area contributed by atoms with Crippen LogP contribution in [0.3, 0.4) is 0 Å². The van der Waals surface area contributed by atoms with Crippen LogP contribution in [0.4, 0.5) is 5.69 Å². The lowest BCUT2D eigenvalue weighted by atomic mass is 10.2. The first kappa shape index (κ1) is 20.7. The number of carbonyl (C=O) groups excluding carboxylic acids is 2. The third-order valence-electron chi connectivity index (χ3n) is 4.53. The van der Waals surface area contributed by atoms with E-state index in [1.165, 1.54) is 0 Å². The number of para-hydroxylation sites is 1. The molecule has 0 spiro atoms. The van der Waals surface area contributed by atoms with Gasteiger partial charge in [-0.15, -0.1) is 11.8 Å². The van der Waals surface area contributed by atoms with Crippen LogP contribution in [0.15, 0.2) is 54.6 Å². The smallest absolute Gasteiger partial charge is 0.238 e. The molecule has 2 aromatic rings. The standard InChI is InChI=1S/C21H24ClN3O2S/c22-18-6-4-5-17(13-18)15-28-16-21(27)25-11-9-24(10-12-25)14-20(26)23-19-7-2-1-3-8-19/h1-8,13H,9-12,14-16H2,(H,23,26). The van der Waals surface area contributed by atoms with Gasteiger partial charge < -0.3 is 10.2 Å². The van der Waals surface area contributed by atoms with Crippen LogP contribution in [0.5, 0.6) is 0 Å². The van der Waals surface area contributed by atoms with E-state index in [4.69, 9.17) is 11.6 Å². The SMILES string of the molecule is O=C(CN1CCN(C(=O)CSCc2cccc(Cl)c2)CC1)Nc1ccccc1. The number of anilines is 1. The fraction of sp³-hybridized carbons (Fsp3) is 0.333. The average Bonchev–Trinajstić information content (AvgIpc) is 2.69. The second-order valence-corrected chi connectivity index (χ2v) is 8.12. The van der Waals surface area contributed by atoms with E-state index in [2.05, 4.69) is 10.2 Å². The molecule has 1 heterocycles. The van der Waals surface area contributed by atoms with Crippen LogP contribution >= 0.6 is 23.4 Å². The van der Waals surface area contributed by atoms with Crippen LogP contribution in [-0.2, 0) is 15.3 Å². The van der Waals surface area contributed by atoms with Gasteiger partial charge in [-0.2, -0.15) is 0 Å². The van der Waals surface area contributed by atoms with E-state index in [1.807, 2.05) is 59.5 Å². The van der Waals surface area contributed by atoms with E-state index in [1.54, 1.807) is 11.8 Å². The first-order valence-corrected chi connectivity index (χ1v) is 10.8. The van der Waals surface area contributed by atoms with Crippen molar-refractivity contribution in [3.8, 4) is 0 Å². The summed E-state index contributed by atoms with van der Waals surface area (Å²) in [5.41, 5.74) is 1.93. The molecule has 0 radical (unpaired) electrons. The van der Waals surface area contributed by atoms with Crippen LogP contribution < -0.4 is 5.32 Å². The first-order chi connectivity index (χ1) is 13.6. The second-order valence-electron chi connectivity index (χ2n) is 6.69. The third-order valence-corrected chi connectivity index (χ3v) is 5.76. The van der Waals surface area contributed by atoms with Gasteiger partial charge >= 0.3 is 0 Å². The maximum atomic E-state index is 12.4. The summed E-state index contributed by atoms with van der Waals surface area (Å²) >= 11 is 7.59. The van der Waals surface area contributed by atoms with Crippen molar-refractivity contribution in [2.75, 3.05) is 43.8 Å². The van der Waals surface area contributed by atoms with Crippen molar-refractivity contribution in [2.24, 2.45) is 0 Å². The van der Waals surface area contributed by atoms with Gasteiger partial charge in [0.05, 0.1) is 12.3 Å². The quantitative estimate of drug-likeness (QED) is 0.750. The predicted molar refractivity (Wildman–Crippen MR) is 116 cm³/mol. The lowest BCUT2D eigenvalue weighted by molar-refractivity contribution is -0.130. The van der Waals surface area contributed by atoms with Crippen LogP contribution in [-0.4, -0.2) is 60.1 Å². The number of amides is 2. The molecule has 0 atom stereocenters. The number of carbonyl (C=O) groups is 2. The number of halogens is 1. The molecule has 1 aliphatic rings. The lowest BCUT2D eigenvalue weighted by Gasteiger charge is -2.34. The summed E-state index contributed by atoms with van der Waals surface area (Å²) in [6, 6.07) is 17.2. The maximum absolute atomic E-state index is 12.4. The normalized spacial score (nSPS) is 14.7. The van der Waals surface area contributed by atoms with Crippen LogP contribution in [0, 0.1) is 0 Å². The molecule has 0 saturated carbocycles. The van der Waals surface area contributed by atoms with Crippen molar-refractivity contribution in [3.63, 3.8) is 0 Å². The number of piperazine rings is 1. The zero-order valence-electron chi connectivity index (χ0n) is 15.6. The molecular formula is C21H24ClN3O2S. The summed E-state index contributed by atoms with van der Waals surface area (Å²) in [5, 5.41) is 3.62. The molecule has 1 saturated heterocycles. The zero-order valence-corrected chi connectivity index (χ0v) is 17.2. The highest BCUT2D eigenvalue weighted by atomic mass is 35.5. The molecule has 2 aromatic carbocycles. The van der Waals surface area contributed by atoms with Gasteiger partial charge in [0.15, 0.2) is 0 Å². The van der Waals surface area contributed by atoms with E-state index < -0.39 is 0 Å². The molecule has 0 bridgehead atoms. The molecule has 2 amide bonds. The van der Waals surface area contributed by atoms with E-state index >= 15 is 0 Å². The Morgan fingerprint density at radius 1 is 1.00 bits per heavy atom. The predicted octanol–water partition coefficient (Wildman–Crippen LogP) is 3.36. The second kappa shape index (κ2) is 10.5. The van der Waals surface area contributed by atoms with Crippen molar-refractivity contribution < 1.29 is 9.59 Å². The first-order valence-electron chi connectivity index (χ1n) is 9.27. The van der Waals surface area contributed by atoms with Crippen LogP contribution in [0.25, 0.3) is 0 Å². The highest BCUT2D eigenvalue weighted by molar-refractivity contribution is 7.99. The number of nitrogens with one attached hydrogen (secondary N) is 1. The Bertz CT molecular complexity index is 795. The summed E-state index contributed by atoms with van der Waals surface area (Å²) in [6.45, 7) is 3.10.